The molecule has 0 amide bonds. The van der Waals surface area contributed by atoms with E-state index in [0.29, 0.717) is 12.0 Å². The van der Waals surface area contributed by atoms with Crippen molar-refractivity contribution in [3.63, 3.8) is 0 Å². The summed E-state index contributed by atoms with van der Waals surface area (Å²) in [6.07, 6.45) is 0.370. The van der Waals surface area contributed by atoms with E-state index in [9.17, 15) is 22.9 Å². The maximum Gasteiger partial charge on any atom is 0.324 e. The second-order valence-electron chi connectivity index (χ2n) is 5.31. The molecule has 0 aliphatic rings. The van der Waals surface area contributed by atoms with Gasteiger partial charge in [0.25, 0.3) is 0 Å². The first kappa shape index (κ1) is 19.0. The van der Waals surface area contributed by atoms with Gasteiger partial charge in [-0.25, -0.2) is 8.42 Å². The van der Waals surface area contributed by atoms with Crippen molar-refractivity contribution in [2.75, 3.05) is 13.1 Å². The molecule has 2 N–H and O–H groups in total. The van der Waals surface area contributed by atoms with Crippen LogP contribution in [0.4, 0.5) is 10.1 Å². The van der Waals surface area contributed by atoms with Crippen molar-refractivity contribution in [1.82, 2.24) is 4.31 Å². The standard InChI is InChI=1S/C16H18FN3O4S/c17-14-8-4-9-15(16(14)20(21)22)25(23,24)19(11-5-10-18)12-13-6-2-1-3-7-13/h1-4,6-9H,5,10-12,18H2. The fourth-order valence-corrected chi connectivity index (χ4v) is 3.99. The van der Waals surface area contributed by atoms with Crippen LogP contribution in [0.15, 0.2) is 53.4 Å². The Kier molecular flexibility index (Phi) is 6.18. The summed E-state index contributed by atoms with van der Waals surface area (Å²) >= 11 is 0. The molecule has 25 heavy (non-hydrogen) atoms. The zero-order chi connectivity index (χ0) is 18.4. The van der Waals surface area contributed by atoms with Crippen LogP contribution >= 0.6 is 0 Å². The van der Waals surface area contributed by atoms with Crippen molar-refractivity contribution < 1.29 is 17.7 Å². The Labute approximate surface area is 145 Å². The molecule has 0 fully saturated rings. The minimum Gasteiger partial charge on any atom is -0.330 e. The minimum absolute atomic E-state index is 0.0108. The molecule has 0 aliphatic heterocycles. The number of rotatable bonds is 8. The second-order valence-corrected chi connectivity index (χ2v) is 7.22. The van der Waals surface area contributed by atoms with Crippen LogP contribution in [0.2, 0.25) is 0 Å². The van der Waals surface area contributed by atoms with E-state index in [0.717, 1.165) is 22.5 Å². The summed E-state index contributed by atoms with van der Waals surface area (Å²) in [6, 6.07) is 11.8. The summed E-state index contributed by atoms with van der Waals surface area (Å²) in [5.41, 5.74) is 5.13. The van der Waals surface area contributed by atoms with Gasteiger partial charge in [-0.1, -0.05) is 36.4 Å². The highest BCUT2D eigenvalue weighted by Gasteiger charge is 2.33. The van der Waals surface area contributed by atoms with Crippen molar-refractivity contribution in [3.8, 4) is 0 Å². The van der Waals surface area contributed by atoms with Crippen LogP contribution in [0.1, 0.15) is 12.0 Å². The predicted molar refractivity (Wildman–Crippen MR) is 90.8 cm³/mol. The van der Waals surface area contributed by atoms with E-state index in [-0.39, 0.29) is 19.6 Å². The highest BCUT2D eigenvalue weighted by molar-refractivity contribution is 7.89. The van der Waals surface area contributed by atoms with Gasteiger partial charge in [0.2, 0.25) is 15.8 Å². The van der Waals surface area contributed by atoms with Crippen molar-refractivity contribution in [3.05, 3.63) is 70.0 Å². The molecule has 0 unspecified atom stereocenters. The molecule has 0 heterocycles. The maximum atomic E-state index is 13.8. The van der Waals surface area contributed by atoms with Gasteiger partial charge >= 0.3 is 5.69 Å². The van der Waals surface area contributed by atoms with Crippen LogP contribution in [0.3, 0.4) is 0 Å². The van der Waals surface area contributed by atoms with E-state index in [2.05, 4.69) is 0 Å². The topological polar surface area (TPSA) is 107 Å². The van der Waals surface area contributed by atoms with Gasteiger partial charge in [-0.2, -0.15) is 8.70 Å². The predicted octanol–water partition coefficient (Wildman–Crippen LogP) is 2.27. The van der Waals surface area contributed by atoms with E-state index in [1.807, 2.05) is 0 Å². The minimum atomic E-state index is -4.27. The monoisotopic (exact) mass is 367 g/mol. The molecule has 0 atom stereocenters. The first-order valence-electron chi connectivity index (χ1n) is 7.55. The highest BCUT2D eigenvalue weighted by atomic mass is 32.2. The van der Waals surface area contributed by atoms with Gasteiger partial charge in [-0.3, -0.25) is 10.1 Å². The number of nitro benzene ring substituents is 1. The zero-order valence-corrected chi connectivity index (χ0v) is 14.2. The number of nitro groups is 1. The average molecular weight is 367 g/mol. The van der Waals surface area contributed by atoms with Crippen LogP contribution in [0.5, 0.6) is 0 Å². The van der Waals surface area contributed by atoms with E-state index in [4.69, 9.17) is 5.73 Å². The lowest BCUT2D eigenvalue weighted by atomic mass is 10.2. The normalized spacial score (nSPS) is 11.6. The summed E-state index contributed by atoms with van der Waals surface area (Å²) < 4.78 is 40.8. The number of para-hydroxylation sites is 1. The molecule has 9 heteroatoms. The molecule has 0 aromatic heterocycles. The molecular formula is C16H18FN3O4S. The number of nitrogens with zero attached hydrogens (tertiary/aromatic N) is 2. The van der Waals surface area contributed by atoms with E-state index < -0.39 is 31.3 Å². The summed E-state index contributed by atoms with van der Waals surface area (Å²) in [6.45, 7) is 0.338. The molecule has 0 saturated heterocycles. The molecule has 0 radical (unpaired) electrons. The molecule has 0 bridgehead atoms. The van der Waals surface area contributed by atoms with Gasteiger partial charge in [-0.05, 0) is 30.7 Å². The Morgan fingerprint density at radius 3 is 2.40 bits per heavy atom. The summed E-state index contributed by atoms with van der Waals surface area (Å²) in [5, 5.41) is 11.1. The molecule has 134 valence electrons. The average Bonchev–Trinajstić information content (AvgIpc) is 2.58. The first-order valence-corrected chi connectivity index (χ1v) is 8.99. The van der Waals surface area contributed by atoms with Crippen LogP contribution in [0.25, 0.3) is 0 Å². The fraction of sp³-hybridized carbons (Fsp3) is 0.250. The number of hydrogen-bond acceptors (Lipinski definition) is 5. The molecular weight excluding hydrogens is 349 g/mol. The molecule has 2 aromatic carbocycles. The van der Waals surface area contributed by atoms with Gasteiger partial charge in [-0.15, -0.1) is 0 Å². The molecule has 0 aliphatic carbocycles. The first-order chi connectivity index (χ1) is 11.9. The fourth-order valence-electron chi connectivity index (χ4n) is 2.36. The molecule has 2 aromatic rings. The van der Waals surface area contributed by atoms with Crippen LogP contribution in [0, 0.1) is 15.9 Å². The third-order valence-electron chi connectivity index (χ3n) is 3.56. The van der Waals surface area contributed by atoms with Gasteiger partial charge in [0.1, 0.15) is 0 Å². The van der Waals surface area contributed by atoms with E-state index in [1.165, 1.54) is 0 Å². The number of nitrogens with two attached hydrogens (primary N) is 1. The van der Waals surface area contributed by atoms with Crippen LogP contribution < -0.4 is 5.73 Å². The number of hydrogen-bond donors (Lipinski definition) is 1. The Morgan fingerprint density at radius 2 is 1.80 bits per heavy atom. The van der Waals surface area contributed by atoms with Crippen molar-refractivity contribution in [1.29, 1.82) is 0 Å². The van der Waals surface area contributed by atoms with Crippen molar-refractivity contribution in [2.45, 2.75) is 17.9 Å². The smallest absolute Gasteiger partial charge is 0.324 e. The molecule has 2 rings (SSSR count). The largest absolute Gasteiger partial charge is 0.330 e. The van der Waals surface area contributed by atoms with Gasteiger partial charge < -0.3 is 5.73 Å². The quantitative estimate of drug-likeness (QED) is 0.569. The Hall–Kier alpha value is -2.36. The summed E-state index contributed by atoms with van der Waals surface area (Å²) in [4.78, 5) is 9.46. The van der Waals surface area contributed by atoms with Crippen LogP contribution in [-0.4, -0.2) is 30.7 Å². The highest BCUT2D eigenvalue weighted by Crippen LogP contribution is 2.30. The zero-order valence-electron chi connectivity index (χ0n) is 13.3. The van der Waals surface area contributed by atoms with Gasteiger partial charge in [0.15, 0.2) is 4.90 Å². The third-order valence-corrected chi connectivity index (χ3v) is 5.44. The van der Waals surface area contributed by atoms with Crippen molar-refractivity contribution in [2.24, 2.45) is 5.73 Å². The Bertz CT molecular complexity index is 844. The number of halogens is 1. The number of benzene rings is 2. The SMILES string of the molecule is NCCCN(Cc1ccccc1)S(=O)(=O)c1cccc(F)c1[N+](=O)[O-]. The number of sulfonamides is 1. The maximum absolute atomic E-state index is 13.8. The lowest BCUT2D eigenvalue weighted by Crippen LogP contribution is -2.33. The van der Waals surface area contributed by atoms with Crippen molar-refractivity contribution >= 4 is 15.7 Å². The molecule has 7 nitrogen and oxygen atoms in total. The van der Waals surface area contributed by atoms with Gasteiger partial charge in [0, 0.05) is 13.1 Å². The Morgan fingerprint density at radius 1 is 1.12 bits per heavy atom. The Balaban J connectivity index is 2.48. The lowest BCUT2D eigenvalue weighted by Gasteiger charge is -2.22. The second kappa shape index (κ2) is 8.15. The third kappa shape index (κ3) is 4.38. The lowest BCUT2D eigenvalue weighted by molar-refractivity contribution is -0.390. The molecule has 0 spiro atoms. The van der Waals surface area contributed by atoms with E-state index in [1.54, 1.807) is 30.3 Å². The van der Waals surface area contributed by atoms with E-state index >= 15 is 0 Å². The van der Waals surface area contributed by atoms with Gasteiger partial charge in [0.05, 0.1) is 4.92 Å². The van der Waals surface area contributed by atoms with Crippen LogP contribution in [-0.2, 0) is 16.6 Å². The summed E-state index contributed by atoms with van der Waals surface area (Å²) in [5.74, 6) is -1.19. The molecule has 0 saturated carbocycles. The summed E-state index contributed by atoms with van der Waals surface area (Å²) in [7, 11) is -4.27.